The van der Waals surface area contributed by atoms with Gasteiger partial charge >= 0.3 is 0 Å². The standard InChI is InChI=1S/C18H27N7S/c1-13-10-17(20-12-19-13)25(14-4-5-14)15-6-8-24(9-7-15)11-16-21-18(23(2)3)26-22-16/h10,12,14-15H,4-9,11H2,1-3H3. The highest BCUT2D eigenvalue weighted by atomic mass is 32.1. The number of aromatic nitrogens is 4. The molecule has 2 aromatic heterocycles. The van der Waals surface area contributed by atoms with Crippen LogP contribution in [0.5, 0.6) is 0 Å². The monoisotopic (exact) mass is 373 g/mol. The summed E-state index contributed by atoms with van der Waals surface area (Å²) in [5.74, 6) is 2.05. The minimum atomic E-state index is 0.578. The van der Waals surface area contributed by atoms with Crippen LogP contribution < -0.4 is 9.80 Å². The fourth-order valence-electron chi connectivity index (χ4n) is 3.65. The van der Waals surface area contributed by atoms with Gasteiger partial charge in [0, 0.05) is 62.6 Å². The summed E-state index contributed by atoms with van der Waals surface area (Å²) in [6, 6.07) is 3.38. The van der Waals surface area contributed by atoms with E-state index in [1.807, 2.05) is 25.9 Å². The second-order valence-corrected chi connectivity index (χ2v) is 8.28. The molecule has 2 aliphatic rings. The molecule has 0 amide bonds. The van der Waals surface area contributed by atoms with Crippen LogP contribution in [0.3, 0.4) is 0 Å². The topological polar surface area (TPSA) is 61.3 Å². The summed E-state index contributed by atoms with van der Waals surface area (Å²) >= 11 is 1.48. The first-order valence-corrected chi connectivity index (χ1v) is 10.2. The molecule has 1 aliphatic carbocycles. The Morgan fingerprint density at radius 1 is 1.12 bits per heavy atom. The average Bonchev–Trinajstić information content (AvgIpc) is 3.34. The largest absolute Gasteiger partial charge is 0.353 e. The van der Waals surface area contributed by atoms with Crippen LogP contribution in [0.4, 0.5) is 10.9 Å². The molecule has 1 saturated heterocycles. The molecule has 140 valence electrons. The van der Waals surface area contributed by atoms with Crippen LogP contribution >= 0.6 is 11.5 Å². The van der Waals surface area contributed by atoms with Crippen LogP contribution in [-0.4, -0.2) is 63.5 Å². The van der Waals surface area contributed by atoms with Crippen molar-refractivity contribution in [3.63, 3.8) is 0 Å². The van der Waals surface area contributed by atoms with Crippen LogP contribution in [0.15, 0.2) is 12.4 Å². The summed E-state index contributed by atoms with van der Waals surface area (Å²) < 4.78 is 4.50. The van der Waals surface area contributed by atoms with Crippen LogP contribution in [0.2, 0.25) is 0 Å². The van der Waals surface area contributed by atoms with E-state index in [4.69, 9.17) is 0 Å². The minimum Gasteiger partial charge on any atom is -0.353 e. The molecule has 7 nitrogen and oxygen atoms in total. The molecule has 8 heteroatoms. The second kappa shape index (κ2) is 7.44. The van der Waals surface area contributed by atoms with Gasteiger partial charge in [-0.25, -0.2) is 15.0 Å². The van der Waals surface area contributed by atoms with Crippen LogP contribution in [-0.2, 0) is 6.54 Å². The molecule has 26 heavy (non-hydrogen) atoms. The van der Waals surface area contributed by atoms with Crippen molar-refractivity contribution >= 4 is 22.5 Å². The summed E-state index contributed by atoms with van der Waals surface area (Å²) in [4.78, 5) is 20.5. The normalized spacial score (nSPS) is 18.9. The summed E-state index contributed by atoms with van der Waals surface area (Å²) in [7, 11) is 4.02. The number of aryl methyl sites for hydroxylation is 1. The van der Waals surface area contributed by atoms with E-state index in [2.05, 4.69) is 35.2 Å². The third-order valence-electron chi connectivity index (χ3n) is 5.15. The van der Waals surface area contributed by atoms with Crippen molar-refractivity contribution in [2.45, 2.75) is 51.2 Å². The van der Waals surface area contributed by atoms with Crippen molar-refractivity contribution in [1.82, 2.24) is 24.2 Å². The maximum absolute atomic E-state index is 4.62. The molecule has 0 spiro atoms. The van der Waals surface area contributed by atoms with Gasteiger partial charge in [-0.1, -0.05) is 0 Å². The van der Waals surface area contributed by atoms with Gasteiger partial charge in [-0.3, -0.25) is 4.90 Å². The Hall–Kier alpha value is -1.80. The Kier molecular flexibility index (Phi) is 5.04. The van der Waals surface area contributed by atoms with Crippen molar-refractivity contribution in [1.29, 1.82) is 0 Å². The predicted molar refractivity (Wildman–Crippen MR) is 105 cm³/mol. The third-order valence-corrected chi connectivity index (χ3v) is 6.07. The van der Waals surface area contributed by atoms with Gasteiger partial charge in [0.2, 0.25) is 5.13 Å². The molecule has 0 radical (unpaired) electrons. The van der Waals surface area contributed by atoms with Gasteiger partial charge in [0.25, 0.3) is 0 Å². The lowest BCUT2D eigenvalue weighted by atomic mass is 10.0. The summed E-state index contributed by atoms with van der Waals surface area (Å²) in [6.45, 7) is 5.08. The van der Waals surface area contributed by atoms with Crippen molar-refractivity contribution in [3.05, 3.63) is 23.9 Å². The Morgan fingerprint density at radius 3 is 2.46 bits per heavy atom. The van der Waals surface area contributed by atoms with E-state index in [1.54, 1.807) is 6.33 Å². The number of nitrogens with zero attached hydrogens (tertiary/aromatic N) is 7. The molecule has 0 N–H and O–H groups in total. The average molecular weight is 374 g/mol. The van der Waals surface area contributed by atoms with Crippen molar-refractivity contribution in [2.75, 3.05) is 37.0 Å². The molecule has 1 saturated carbocycles. The molecular weight excluding hydrogens is 346 g/mol. The third kappa shape index (κ3) is 3.96. The number of hydrogen-bond donors (Lipinski definition) is 0. The zero-order valence-corrected chi connectivity index (χ0v) is 16.6. The maximum Gasteiger partial charge on any atom is 0.204 e. The van der Waals surface area contributed by atoms with Gasteiger partial charge in [0.1, 0.15) is 12.1 Å². The fraction of sp³-hybridized carbons (Fsp3) is 0.667. The lowest BCUT2D eigenvalue weighted by Crippen LogP contribution is -2.46. The highest BCUT2D eigenvalue weighted by Gasteiger charge is 2.36. The second-order valence-electron chi connectivity index (χ2n) is 7.55. The molecule has 0 unspecified atom stereocenters. The molecule has 4 rings (SSSR count). The molecule has 0 aromatic carbocycles. The van der Waals surface area contributed by atoms with Gasteiger partial charge in [0.15, 0.2) is 5.82 Å². The number of rotatable bonds is 6. The zero-order chi connectivity index (χ0) is 18.1. The number of anilines is 2. The summed E-state index contributed by atoms with van der Waals surface area (Å²) in [5.41, 5.74) is 1.05. The zero-order valence-electron chi connectivity index (χ0n) is 15.8. The highest BCUT2D eigenvalue weighted by molar-refractivity contribution is 7.09. The number of likely N-dealkylation sites (tertiary alicyclic amines) is 1. The van der Waals surface area contributed by atoms with Crippen molar-refractivity contribution < 1.29 is 0 Å². The first kappa shape index (κ1) is 17.6. The Morgan fingerprint density at radius 2 is 1.85 bits per heavy atom. The molecule has 3 heterocycles. The van der Waals surface area contributed by atoms with E-state index in [-0.39, 0.29) is 0 Å². The van der Waals surface area contributed by atoms with Crippen molar-refractivity contribution in [3.8, 4) is 0 Å². The fourth-order valence-corrected chi connectivity index (χ4v) is 4.25. The molecular formula is C18H27N7S. The maximum atomic E-state index is 4.62. The van der Waals surface area contributed by atoms with Crippen LogP contribution in [0, 0.1) is 6.92 Å². The number of hydrogen-bond acceptors (Lipinski definition) is 8. The molecule has 1 aliphatic heterocycles. The summed E-state index contributed by atoms with van der Waals surface area (Å²) in [6.07, 6.45) is 6.62. The van der Waals surface area contributed by atoms with E-state index in [0.29, 0.717) is 12.1 Å². The quantitative estimate of drug-likeness (QED) is 0.770. The van der Waals surface area contributed by atoms with Gasteiger partial charge in [0.05, 0.1) is 6.54 Å². The molecule has 2 fully saturated rings. The Balaban J connectivity index is 1.37. The van der Waals surface area contributed by atoms with Gasteiger partial charge < -0.3 is 9.80 Å². The first-order chi connectivity index (χ1) is 12.6. The van der Waals surface area contributed by atoms with E-state index >= 15 is 0 Å². The van der Waals surface area contributed by atoms with Crippen molar-refractivity contribution in [2.24, 2.45) is 0 Å². The lowest BCUT2D eigenvalue weighted by Gasteiger charge is -2.39. The van der Waals surface area contributed by atoms with E-state index in [9.17, 15) is 0 Å². The van der Waals surface area contributed by atoms with Gasteiger partial charge in [-0.15, -0.1) is 0 Å². The lowest BCUT2D eigenvalue weighted by molar-refractivity contribution is 0.197. The molecule has 2 aromatic rings. The predicted octanol–water partition coefficient (Wildman–Crippen LogP) is 2.34. The van der Waals surface area contributed by atoms with E-state index in [1.165, 1.54) is 37.2 Å². The van der Waals surface area contributed by atoms with E-state index < -0.39 is 0 Å². The smallest absolute Gasteiger partial charge is 0.204 e. The van der Waals surface area contributed by atoms with Crippen LogP contribution in [0.25, 0.3) is 0 Å². The molecule has 0 atom stereocenters. The van der Waals surface area contributed by atoms with E-state index in [0.717, 1.165) is 42.1 Å². The highest BCUT2D eigenvalue weighted by Crippen LogP contribution is 2.35. The Labute approximate surface area is 159 Å². The number of piperidine rings is 1. The van der Waals surface area contributed by atoms with Gasteiger partial charge in [-0.2, -0.15) is 4.37 Å². The minimum absolute atomic E-state index is 0.578. The van der Waals surface area contributed by atoms with Gasteiger partial charge in [-0.05, 0) is 32.6 Å². The summed E-state index contributed by atoms with van der Waals surface area (Å²) in [5, 5.41) is 0.980. The van der Waals surface area contributed by atoms with Crippen LogP contribution in [0.1, 0.15) is 37.2 Å². The molecule has 0 bridgehead atoms. The Bertz CT molecular complexity index is 735. The SMILES string of the molecule is Cc1cc(N(C2CC2)C2CCN(Cc3nsc(N(C)C)n3)CC2)ncn1. The first-order valence-electron chi connectivity index (χ1n) is 9.39.